The van der Waals surface area contributed by atoms with E-state index in [-0.39, 0.29) is 6.61 Å². The molecule has 0 N–H and O–H groups in total. The van der Waals surface area contributed by atoms with Crippen molar-refractivity contribution in [3.05, 3.63) is 0 Å². The summed E-state index contributed by atoms with van der Waals surface area (Å²) in [5, 5.41) is 0. The number of rotatable bonds is 13. The van der Waals surface area contributed by atoms with Gasteiger partial charge in [0.05, 0.1) is 14.4 Å². The summed E-state index contributed by atoms with van der Waals surface area (Å²) in [5.74, 6) is 0. The number of hydrogen-bond acceptors (Lipinski definition) is 4. The SMILES string of the molecule is CCCCCCCCCCCCCOP(=O)([O-])[O-]. The molecule has 110 valence electrons. The summed E-state index contributed by atoms with van der Waals surface area (Å²) in [5.41, 5.74) is 0. The van der Waals surface area contributed by atoms with E-state index in [2.05, 4.69) is 11.4 Å². The molecule has 0 unspecified atom stereocenters. The predicted molar refractivity (Wildman–Crippen MR) is 70.0 cm³/mol. The molecule has 0 atom stereocenters. The van der Waals surface area contributed by atoms with Crippen molar-refractivity contribution >= 4 is 7.82 Å². The van der Waals surface area contributed by atoms with Crippen LogP contribution in [0.15, 0.2) is 0 Å². The summed E-state index contributed by atoms with van der Waals surface area (Å²) in [6.07, 6.45) is 13.1. The van der Waals surface area contributed by atoms with E-state index in [4.69, 9.17) is 0 Å². The van der Waals surface area contributed by atoms with Gasteiger partial charge in [0.1, 0.15) is 0 Å². The molecular formula is C13H27O4P-2. The Labute approximate surface area is 111 Å². The van der Waals surface area contributed by atoms with E-state index < -0.39 is 7.82 Å². The third-order valence-corrected chi connectivity index (χ3v) is 3.50. The summed E-state index contributed by atoms with van der Waals surface area (Å²) < 4.78 is 14.3. The van der Waals surface area contributed by atoms with E-state index in [1.165, 1.54) is 51.4 Å². The van der Waals surface area contributed by atoms with Gasteiger partial charge in [0.25, 0.3) is 0 Å². The second-order valence-corrected chi connectivity index (χ2v) is 5.97. The molecule has 0 rings (SSSR count). The Balaban J connectivity index is 3.01. The van der Waals surface area contributed by atoms with Gasteiger partial charge in [-0.3, -0.25) is 0 Å². The molecule has 0 aromatic rings. The Hall–Kier alpha value is 0.110. The molecule has 0 heterocycles. The fourth-order valence-corrected chi connectivity index (χ4v) is 2.30. The molecule has 0 saturated carbocycles. The highest BCUT2D eigenvalue weighted by Gasteiger charge is 1.94. The smallest absolute Gasteiger partial charge is 0.0596 e. The zero-order valence-corrected chi connectivity index (χ0v) is 12.5. The lowest BCUT2D eigenvalue weighted by molar-refractivity contribution is -0.341. The average molecular weight is 278 g/mol. The third-order valence-electron chi connectivity index (χ3n) is 3.00. The average Bonchev–Trinajstić information content (AvgIpc) is 2.29. The molecule has 0 aromatic carbocycles. The maximum absolute atomic E-state index is 10.2. The van der Waals surface area contributed by atoms with Crippen LogP contribution >= 0.6 is 7.82 Å². The largest absolute Gasteiger partial charge is 0.790 e. The molecule has 0 aliphatic heterocycles. The van der Waals surface area contributed by atoms with Crippen molar-refractivity contribution in [1.82, 2.24) is 0 Å². The zero-order chi connectivity index (χ0) is 13.7. The van der Waals surface area contributed by atoms with Crippen molar-refractivity contribution in [2.75, 3.05) is 6.61 Å². The Morgan fingerprint density at radius 3 is 1.56 bits per heavy atom. The van der Waals surface area contributed by atoms with E-state index in [1.807, 2.05) is 0 Å². The Bertz CT molecular complexity index is 215. The van der Waals surface area contributed by atoms with Gasteiger partial charge in [0, 0.05) is 0 Å². The molecule has 0 saturated heterocycles. The maximum Gasteiger partial charge on any atom is 0.0596 e. The Morgan fingerprint density at radius 2 is 1.17 bits per heavy atom. The van der Waals surface area contributed by atoms with Gasteiger partial charge in [-0.05, 0) is 6.42 Å². The van der Waals surface area contributed by atoms with Crippen LogP contribution in [0, 0.1) is 0 Å². The van der Waals surface area contributed by atoms with Gasteiger partial charge in [0.2, 0.25) is 0 Å². The van der Waals surface area contributed by atoms with Crippen LogP contribution in [0.1, 0.15) is 77.6 Å². The van der Waals surface area contributed by atoms with Crippen LogP contribution in [-0.2, 0) is 9.09 Å². The molecule has 0 aromatic heterocycles. The minimum absolute atomic E-state index is 0.0430. The Morgan fingerprint density at radius 1 is 0.778 bits per heavy atom. The van der Waals surface area contributed by atoms with Crippen molar-refractivity contribution in [1.29, 1.82) is 0 Å². The van der Waals surface area contributed by atoms with Crippen LogP contribution < -0.4 is 9.79 Å². The molecule has 0 fully saturated rings. The van der Waals surface area contributed by atoms with Crippen LogP contribution in [0.5, 0.6) is 0 Å². The number of unbranched alkanes of at least 4 members (excludes halogenated alkanes) is 10. The Kier molecular flexibility index (Phi) is 12.2. The molecule has 4 nitrogen and oxygen atoms in total. The van der Waals surface area contributed by atoms with E-state index in [9.17, 15) is 14.4 Å². The van der Waals surface area contributed by atoms with Crippen LogP contribution in [0.3, 0.4) is 0 Å². The van der Waals surface area contributed by atoms with Gasteiger partial charge >= 0.3 is 0 Å². The van der Waals surface area contributed by atoms with E-state index in [0.717, 1.165) is 12.8 Å². The first-order chi connectivity index (χ1) is 8.56. The molecule has 0 spiro atoms. The molecular weight excluding hydrogens is 251 g/mol. The lowest BCUT2D eigenvalue weighted by Crippen LogP contribution is -2.16. The van der Waals surface area contributed by atoms with E-state index in [1.54, 1.807) is 0 Å². The monoisotopic (exact) mass is 278 g/mol. The maximum atomic E-state index is 10.2. The van der Waals surface area contributed by atoms with Crippen molar-refractivity contribution in [3.63, 3.8) is 0 Å². The molecule has 0 radical (unpaired) electrons. The van der Waals surface area contributed by atoms with Gasteiger partial charge < -0.3 is 18.9 Å². The summed E-state index contributed by atoms with van der Waals surface area (Å²) in [4.78, 5) is 20.3. The molecule has 18 heavy (non-hydrogen) atoms. The van der Waals surface area contributed by atoms with Crippen molar-refractivity contribution in [2.45, 2.75) is 77.6 Å². The van der Waals surface area contributed by atoms with Gasteiger partial charge in [0.15, 0.2) is 0 Å². The van der Waals surface area contributed by atoms with E-state index in [0.29, 0.717) is 6.42 Å². The van der Waals surface area contributed by atoms with Crippen molar-refractivity contribution in [2.24, 2.45) is 0 Å². The summed E-state index contributed by atoms with van der Waals surface area (Å²) in [6, 6.07) is 0. The minimum Gasteiger partial charge on any atom is -0.790 e. The highest BCUT2D eigenvalue weighted by atomic mass is 31.2. The number of hydrogen-bond donors (Lipinski definition) is 0. The van der Waals surface area contributed by atoms with Gasteiger partial charge in [-0.2, -0.15) is 0 Å². The molecule has 0 aliphatic rings. The van der Waals surface area contributed by atoms with E-state index >= 15 is 0 Å². The fraction of sp³-hybridized carbons (Fsp3) is 1.00. The second kappa shape index (κ2) is 12.2. The second-order valence-electron chi connectivity index (χ2n) is 4.82. The van der Waals surface area contributed by atoms with Crippen LogP contribution in [-0.4, -0.2) is 6.61 Å². The summed E-state index contributed by atoms with van der Waals surface area (Å²) in [6.45, 7) is 2.27. The highest BCUT2D eigenvalue weighted by Crippen LogP contribution is 2.24. The first-order valence-corrected chi connectivity index (χ1v) is 8.69. The highest BCUT2D eigenvalue weighted by molar-refractivity contribution is 7.43. The van der Waals surface area contributed by atoms with Gasteiger partial charge in [-0.15, -0.1) is 0 Å². The first-order valence-electron chi connectivity index (χ1n) is 7.23. The van der Waals surface area contributed by atoms with Gasteiger partial charge in [-0.25, -0.2) is 0 Å². The van der Waals surface area contributed by atoms with Crippen LogP contribution in [0.4, 0.5) is 0 Å². The van der Waals surface area contributed by atoms with Crippen molar-refractivity contribution in [3.8, 4) is 0 Å². The lowest BCUT2D eigenvalue weighted by Gasteiger charge is -2.28. The molecule has 0 amide bonds. The first kappa shape index (κ1) is 18.1. The molecule has 0 aliphatic carbocycles. The number of phosphoric acid groups is 1. The third kappa shape index (κ3) is 16.1. The quantitative estimate of drug-likeness (QED) is 0.383. The summed E-state index contributed by atoms with van der Waals surface area (Å²) >= 11 is 0. The lowest BCUT2D eigenvalue weighted by atomic mass is 10.1. The van der Waals surface area contributed by atoms with Crippen LogP contribution in [0.25, 0.3) is 0 Å². The normalized spacial score (nSPS) is 11.9. The van der Waals surface area contributed by atoms with Gasteiger partial charge in [-0.1, -0.05) is 71.1 Å². The van der Waals surface area contributed by atoms with Crippen LogP contribution in [0.2, 0.25) is 0 Å². The number of phosphoric ester groups is 1. The predicted octanol–water partition coefficient (Wildman–Crippen LogP) is 3.14. The summed E-state index contributed by atoms with van der Waals surface area (Å²) in [7, 11) is -4.75. The standard InChI is InChI=1S/C13H29O4P/c1-2-3-4-5-6-7-8-9-10-11-12-13-17-18(14,15)16/h2-13H2,1H3,(H2,14,15,16)/p-2. The minimum atomic E-state index is -4.75. The molecule has 5 heteroatoms. The molecule has 0 bridgehead atoms. The zero-order valence-electron chi connectivity index (χ0n) is 11.6. The van der Waals surface area contributed by atoms with Crippen molar-refractivity contribution < 1.29 is 18.9 Å². The topological polar surface area (TPSA) is 72.4 Å². The fourth-order valence-electron chi connectivity index (χ4n) is 1.94.